The Morgan fingerprint density at radius 1 is 1.41 bits per heavy atom. The highest BCUT2D eigenvalue weighted by Crippen LogP contribution is 2.43. The first-order chi connectivity index (χ1) is 8.19. The summed E-state index contributed by atoms with van der Waals surface area (Å²) in [4.78, 5) is 2.26. The fraction of sp³-hybridized carbons (Fsp3) is 0.571. The average Bonchev–Trinajstić information content (AvgIpc) is 2.29. The van der Waals surface area contributed by atoms with Crippen molar-refractivity contribution >= 4 is 18.3 Å². The van der Waals surface area contributed by atoms with Gasteiger partial charge in [-0.2, -0.15) is 12.6 Å². The standard InChI is InChI=1S/C14H20FNS/c1-2-16(10-14(11-17)7-4-8-14)13-6-3-5-12(15)9-13/h3,5-6,9,17H,2,4,7-8,10-11H2,1H3. The fourth-order valence-corrected chi connectivity index (χ4v) is 2.92. The van der Waals surface area contributed by atoms with Crippen molar-refractivity contribution in [2.45, 2.75) is 26.2 Å². The topological polar surface area (TPSA) is 3.24 Å². The van der Waals surface area contributed by atoms with Gasteiger partial charge in [0.15, 0.2) is 0 Å². The first-order valence-electron chi connectivity index (χ1n) is 6.30. The zero-order chi connectivity index (χ0) is 12.3. The smallest absolute Gasteiger partial charge is 0.125 e. The molecular weight excluding hydrogens is 233 g/mol. The van der Waals surface area contributed by atoms with Crippen LogP contribution in [0.5, 0.6) is 0 Å². The molecule has 0 saturated heterocycles. The van der Waals surface area contributed by atoms with Gasteiger partial charge in [0.2, 0.25) is 0 Å². The zero-order valence-electron chi connectivity index (χ0n) is 10.3. The molecule has 2 rings (SSSR count). The number of nitrogens with zero attached hydrogens (tertiary/aromatic N) is 1. The predicted octanol–water partition coefficient (Wildman–Crippen LogP) is 3.75. The highest BCUT2D eigenvalue weighted by molar-refractivity contribution is 7.80. The third-order valence-corrected chi connectivity index (χ3v) is 4.50. The van der Waals surface area contributed by atoms with Crippen molar-refractivity contribution in [3.63, 3.8) is 0 Å². The van der Waals surface area contributed by atoms with Gasteiger partial charge in [-0.3, -0.25) is 0 Å². The number of benzene rings is 1. The SMILES string of the molecule is CCN(CC1(CS)CCC1)c1cccc(F)c1. The monoisotopic (exact) mass is 253 g/mol. The number of hydrogen-bond acceptors (Lipinski definition) is 2. The van der Waals surface area contributed by atoms with Gasteiger partial charge in [-0.25, -0.2) is 4.39 Å². The molecule has 1 fully saturated rings. The van der Waals surface area contributed by atoms with E-state index >= 15 is 0 Å². The normalized spacial score (nSPS) is 17.6. The van der Waals surface area contributed by atoms with Crippen molar-refractivity contribution in [2.24, 2.45) is 5.41 Å². The van der Waals surface area contributed by atoms with Gasteiger partial charge < -0.3 is 4.90 Å². The number of hydrogen-bond donors (Lipinski definition) is 1. The minimum Gasteiger partial charge on any atom is -0.371 e. The second kappa shape index (κ2) is 5.30. The van der Waals surface area contributed by atoms with Gasteiger partial charge in [0, 0.05) is 18.8 Å². The summed E-state index contributed by atoms with van der Waals surface area (Å²) in [7, 11) is 0. The largest absolute Gasteiger partial charge is 0.371 e. The Kier molecular flexibility index (Phi) is 3.97. The summed E-state index contributed by atoms with van der Waals surface area (Å²) in [6.45, 7) is 4.03. The lowest BCUT2D eigenvalue weighted by molar-refractivity contribution is 0.176. The zero-order valence-corrected chi connectivity index (χ0v) is 11.2. The third-order valence-electron chi connectivity index (χ3n) is 3.83. The molecule has 0 heterocycles. The van der Waals surface area contributed by atoms with Crippen LogP contribution >= 0.6 is 12.6 Å². The fourth-order valence-electron chi connectivity index (χ4n) is 2.51. The van der Waals surface area contributed by atoms with Gasteiger partial charge in [0.1, 0.15) is 5.82 Å². The highest BCUT2D eigenvalue weighted by Gasteiger charge is 2.37. The van der Waals surface area contributed by atoms with E-state index in [2.05, 4.69) is 24.5 Å². The van der Waals surface area contributed by atoms with E-state index < -0.39 is 0 Å². The van der Waals surface area contributed by atoms with Crippen LogP contribution in [0, 0.1) is 11.2 Å². The first kappa shape index (κ1) is 12.7. The van der Waals surface area contributed by atoms with Crippen molar-refractivity contribution in [3.8, 4) is 0 Å². The van der Waals surface area contributed by atoms with Crippen LogP contribution in [0.15, 0.2) is 24.3 Å². The number of thiol groups is 1. The van der Waals surface area contributed by atoms with Crippen LogP contribution in [-0.2, 0) is 0 Å². The molecule has 0 amide bonds. The number of halogens is 1. The van der Waals surface area contributed by atoms with Crippen LogP contribution in [0.2, 0.25) is 0 Å². The van der Waals surface area contributed by atoms with Crippen molar-refractivity contribution in [2.75, 3.05) is 23.7 Å². The molecule has 17 heavy (non-hydrogen) atoms. The Labute approximate surface area is 108 Å². The molecule has 0 aromatic heterocycles. The minimum absolute atomic E-state index is 0.158. The van der Waals surface area contributed by atoms with Crippen molar-refractivity contribution < 1.29 is 4.39 Å². The first-order valence-corrected chi connectivity index (χ1v) is 6.94. The molecule has 0 N–H and O–H groups in total. The minimum atomic E-state index is -0.158. The van der Waals surface area contributed by atoms with E-state index in [9.17, 15) is 4.39 Å². The predicted molar refractivity (Wildman–Crippen MR) is 74.4 cm³/mol. The maximum absolute atomic E-state index is 13.2. The second-order valence-corrected chi connectivity index (χ2v) is 5.32. The Morgan fingerprint density at radius 2 is 2.18 bits per heavy atom. The van der Waals surface area contributed by atoms with Crippen molar-refractivity contribution in [1.29, 1.82) is 0 Å². The van der Waals surface area contributed by atoms with E-state index in [-0.39, 0.29) is 5.82 Å². The van der Waals surface area contributed by atoms with Crippen LogP contribution in [0.1, 0.15) is 26.2 Å². The maximum atomic E-state index is 13.2. The maximum Gasteiger partial charge on any atom is 0.125 e. The van der Waals surface area contributed by atoms with Crippen molar-refractivity contribution in [1.82, 2.24) is 0 Å². The van der Waals surface area contributed by atoms with Crippen LogP contribution in [0.3, 0.4) is 0 Å². The molecule has 0 aliphatic heterocycles. The summed E-state index contributed by atoms with van der Waals surface area (Å²) in [6.07, 6.45) is 3.81. The molecule has 1 saturated carbocycles. The summed E-state index contributed by atoms with van der Waals surface area (Å²) in [5.74, 6) is 0.771. The quantitative estimate of drug-likeness (QED) is 0.782. The van der Waals surface area contributed by atoms with Gasteiger partial charge in [0.05, 0.1) is 0 Å². The third kappa shape index (κ3) is 2.76. The molecule has 0 radical (unpaired) electrons. The second-order valence-electron chi connectivity index (χ2n) is 5.01. The van der Waals surface area contributed by atoms with Crippen LogP contribution in [0.4, 0.5) is 10.1 Å². The molecule has 3 heteroatoms. The summed E-state index contributed by atoms with van der Waals surface area (Å²) < 4.78 is 13.2. The molecule has 1 nitrogen and oxygen atoms in total. The van der Waals surface area contributed by atoms with Gasteiger partial charge in [0.25, 0.3) is 0 Å². The van der Waals surface area contributed by atoms with Gasteiger partial charge in [-0.15, -0.1) is 0 Å². The number of rotatable bonds is 5. The van der Waals surface area contributed by atoms with E-state index in [1.54, 1.807) is 12.1 Å². The molecule has 0 atom stereocenters. The van der Waals surface area contributed by atoms with E-state index in [0.29, 0.717) is 5.41 Å². The Balaban J connectivity index is 2.11. The molecule has 1 aromatic carbocycles. The molecule has 1 aromatic rings. The average molecular weight is 253 g/mol. The van der Waals surface area contributed by atoms with E-state index in [4.69, 9.17) is 0 Å². The van der Waals surface area contributed by atoms with Crippen LogP contribution in [0.25, 0.3) is 0 Å². The van der Waals surface area contributed by atoms with Gasteiger partial charge >= 0.3 is 0 Å². The lowest BCUT2D eigenvalue weighted by Crippen LogP contribution is -2.43. The molecule has 1 aliphatic carbocycles. The summed E-state index contributed by atoms with van der Waals surface area (Å²) in [5.41, 5.74) is 1.34. The van der Waals surface area contributed by atoms with E-state index in [0.717, 1.165) is 24.5 Å². The van der Waals surface area contributed by atoms with Crippen molar-refractivity contribution in [3.05, 3.63) is 30.1 Å². The molecule has 0 spiro atoms. The lowest BCUT2D eigenvalue weighted by atomic mass is 9.70. The molecule has 0 bridgehead atoms. The van der Waals surface area contributed by atoms with E-state index in [1.807, 2.05) is 6.07 Å². The molecule has 94 valence electrons. The summed E-state index contributed by atoms with van der Waals surface area (Å²) in [5, 5.41) is 0. The summed E-state index contributed by atoms with van der Waals surface area (Å²) >= 11 is 4.48. The van der Waals surface area contributed by atoms with Crippen LogP contribution < -0.4 is 4.90 Å². The van der Waals surface area contributed by atoms with E-state index in [1.165, 1.54) is 25.3 Å². The highest BCUT2D eigenvalue weighted by atomic mass is 32.1. The Morgan fingerprint density at radius 3 is 2.65 bits per heavy atom. The molecular formula is C14H20FNS. The van der Waals surface area contributed by atoms with Gasteiger partial charge in [-0.05, 0) is 49.1 Å². The lowest BCUT2D eigenvalue weighted by Gasteiger charge is -2.44. The molecule has 0 unspecified atom stereocenters. The summed E-state index contributed by atoms with van der Waals surface area (Å²) in [6, 6.07) is 6.88. The number of anilines is 1. The molecule has 1 aliphatic rings. The Hall–Kier alpha value is -0.700. The van der Waals surface area contributed by atoms with Gasteiger partial charge in [-0.1, -0.05) is 12.5 Å². The van der Waals surface area contributed by atoms with Crippen LogP contribution in [-0.4, -0.2) is 18.8 Å². The Bertz CT molecular complexity index is 371.